The highest BCUT2D eigenvalue weighted by Crippen LogP contribution is 2.24. The van der Waals surface area contributed by atoms with Crippen LogP contribution < -0.4 is 5.32 Å². The number of urea groups is 1. The second-order valence-electron chi connectivity index (χ2n) is 7.27. The molecule has 3 rings (SSSR count). The summed E-state index contributed by atoms with van der Waals surface area (Å²) < 4.78 is 18.4. The van der Waals surface area contributed by atoms with E-state index in [0.717, 1.165) is 31.2 Å². The molecular formula is C20H28FN3O3. The zero-order chi connectivity index (χ0) is 19.2. The monoisotopic (exact) mass is 377 g/mol. The zero-order valence-electron chi connectivity index (χ0n) is 15.8. The lowest BCUT2D eigenvalue weighted by Crippen LogP contribution is -2.54. The van der Waals surface area contributed by atoms with Crippen LogP contribution in [0, 0.1) is 5.82 Å². The van der Waals surface area contributed by atoms with Crippen LogP contribution in [-0.4, -0.2) is 60.1 Å². The molecule has 3 amide bonds. The fourth-order valence-electron chi connectivity index (χ4n) is 4.01. The molecule has 148 valence electrons. The van der Waals surface area contributed by atoms with Gasteiger partial charge in [0.25, 0.3) is 0 Å². The molecule has 2 saturated heterocycles. The Kier molecular flexibility index (Phi) is 6.66. The molecule has 0 aromatic heterocycles. The van der Waals surface area contributed by atoms with Gasteiger partial charge in [0.15, 0.2) is 0 Å². The van der Waals surface area contributed by atoms with E-state index in [2.05, 4.69) is 5.32 Å². The normalized spacial score (nSPS) is 19.0. The maximum atomic E-state index is 12.9. The van der Waals surface area contributed by atoms with E-state index < -0.39 is 0 Å². The third-order valence-electron chi connectivity index (χ3n) is 5.45. The molecule has 2 heterocycles. The van der Waals surface area contributed by atoms with Gasteiger partial charge in [-0.15, -0.1) is 0 Å². The first-order valence-corrected chi connectivity index (χ1v) is 9.68. The Bertz CT molecular complexity index is 638. The molecule has 6 nitrogen and oxygen atoms in total. The van der Waals surface area contributed by atoms with Crippen LogP contribution in [0.3, 0.4) is 0 Å². The summed E-state index contributed by atoms with van der Waals surface area (Å²) in [4.78, 5) is 28.4. The van der Waals surface area contributed by atoms with Gasteiger partial charge in [0.2, 0.25) is 5.91 Å². The quantitative estimate of drug-likeness (QED) is 0.877. The van der Waals surface area contributed by atoms with E-state index in [9.17, 15) is 14.0 Å². The Hall–Kier alpha value is -2.15. The van der Waals surface area contributed by atoms with Crippen molar-refractivity contribution in [3.05, 3.63) is 35.6 Å². The number of carbonyl (C=O) groups is 2. The van der Waals surface area contributed by atoms with E-state index in [4.69, 9.17) is 4.74 Å². The number of benzene rings is 1. The van der Waals surface area contributed by atoms with Crippen molar-refractivity contribution in [2.24, 2.45) is 0 Å². The molecule has 1 aromatic rings. The first kappa shape index (κ1) is 19.6. The van der Waals surface area contributed by atoms with Gasteiger partial charge in [0.05, 0.1) is 0 Å². The standard InChI is InChI=1S/C20H28FN3O3/c1-15(25)24(19-8-12-27-13-9-19)18-6-10-23(11-7-18)20(26)22-14-16-2-4-17(21)5-3-16/h2-5,18-19H,6-14H2,1H3,(H,22,26). The summed E-state index contributed by atoms with van der Waals surface area (Å²) in [7, 11) is 0. The number of carbonyl (C=O) groups excluding carboxylic acids is 2. The lowest BCUT2D eigenvalue weighted by molar-refractivity contribution is -0.137. The van der Waals surface area contributed by atoms with Gasteiger partial charge in [-0.25, -0.2) is 9.18 Å². The Morgan fingerprint density at radius 1 is 1.11 bits per heavy atom. The zero-order valence-corrected chi connectivity index (χ0v) is 15.8. The Labute approximate surface area is 159 Å². The number of nitrogens with zero attached hydrogens (tertiary/aromatic N) is 2. The number of amides is 3. The van der Waals surface area contributed by atoms with E-state index in [1.165, 1.54) is 12.1 Å². The van der Waals surface area contributed by atoms with Crippen molar-refractivity contribution in [3.63, 3.8) is 0 Å². The molecule has 27 heavy (non-hydrogen) atoms. The van der Waals surface area contributed by atoms with Crippen molar-refractivity contribution in [3.8, 4) is 0 Å². The Morgan fingerprint density at radius 3 is 2.30 bits per heavy atom. The number of nitrogens with one attached hydrogen (secondary N) is 1. The molecule has 1 aromatic carbocycles. The largest absolute Gasteiger partial charge is 0.381 e. The minimum atomic E-state index is -0.285. The number of halogens is 1. The number of piperidine rings is 1. The van der Waals surface area contributed by atoms with E-state index in [-0.39, 0.29) is 29.8 Å². The van der Waals surface area contributed by atoms with E-state index >= 15 is 0 Å². The van der Waals surface area contributed by atoms with E-state index in [1.54, 1.807) is 24.0 Å². The molecule has 0 atom stereocenters. The number of hydrogen-bond donors (Lipinski definition) is 1. The van der Waals surface area contributed by atoms with Crippen LogP contribution in [-0.2, 0) is 16.1 Å². The van der Waals surface area contributed by atoms with Crippen LogP contribution in [0.4, 0.5) is 9.18 Å². The molecular weight excluding hydrogens is 349 g/mol. The predicted molar refractivity (Wildman–Crippen MR) is 99.6 cm³/mol. The minimum absolute atomic E-state index is 0.112. The molecule has 2 aliphatic rings. The molecule has 2 aliphatic heterocycles. The number of likely N-dealkylation sites (tertiary alicyclic amines) is 1. The molecule has 0 unspecified atom stereocenters. The van der Waals surface area contributed by atoms with Gasteiger partial charge in [0, 0.05) is 51.9 Å². The third-order valence-corrected chi connectivity index (χ3v) is 5.45. The molecule has 0 spiro atoms. The summed E-state index contributed by atoms with van der Waals surface area (Å²) in [5.41, 5.74) is 0.863. The van der Waals surface area contributed by atoms with Crippen molar-refractivity contribution in [1.82, 2.24) is 15.1 Å². The molecule has 0 radical (unpaired) electrons. The lowest BCUT2D eigenvalue weighted by Gasteiger charge is -2.43. The maximum Gasteiger partial charge on any atom is 0.317 e. The van der Waals surface area contributed by atoms with E-state index in [1.807, 2.05) is 4.90 Å². The second-order valence-corrected chi connectivity index (χ2v) is 7.27. The van der Waals surface area contributed by atoms with Crippen LogP contribution >= 0.6 is 0 Å². The van der Waals surface area contributed by atoms with Gasteiger partial charge >= 0.3 is 6.03 Å². The average molecular weight is 377 g/mol. The predicted octanol–water partition coefficient (Wildman–Crippen LogP) is 2.53. The van der Waals surface area contributed by atoms with Crippen LogP contribution in [0.2, 0.25) is 0 Å². The SMILES string of the molecule is CC(=O)N(C1CCOCC1)C1CCN(C(=O)NCc2ccc(F)cc2)CC1. The summed E-state index contributed by atoms with van der Waals surface area (Å²) in [6, 6.07) is 6.44. The Morgan fingerprint density at radius 2 is 1.70 bits per heavy atom. The molecule has 7 heteroatoms. The Balaban J connectivity index is 1.48. The highest BCUT2D eigenvalue weighted by atomic mass is 19.1. The average Bonchev–Trinajstić information content (AvgIpc) is 2.68. The topological polar surface area (TPSA) is 61.9 Å². The lowest BCUT2D eigenvalue weighted by atomic mass is 9.98. The summed E-state index contributed by atoms with van der Waals surface area (Å²) in [5, 5.41) is 2.89. The van der Waals surface area contributed by atoms with Gasteiger partial charge in [-0.3, -0.25) is 4.79 Å². The third kappa shape index (κ3) is 5.19. The van der Waals surface area contributed by atoms with Crippen molar-refractivity contribution >= 4 is 11.9 Å². The highest BCUT2D eigenvalue weighted by Gasteiger charge is 2.33. The number of ether oxygens (including phenoxy) is 1. The summed E-state index contributed by atoms with van der Waals surface area (Å²) in [6.45, 7) is 4.69. The minimum Gasteiger partial charge on any atom is -0.381 e. The van der Waals surface area contributed by atoms with Crippen molar-refractivity contribution in [2.45, 2.75) is 51.2 Å². The molecule has 0 saturated carbocycles. The maximum absolute atomic E-state index is 12.9. The van der Waals surface area contributed by atoms with Crippen LogP contribution in [0.1, 0.15) is 38.2 Å². The van der Waals surface area contributed by atoms with Gasteiger partial charge in [-0.05, 0) is 43.4 Å². The smallest absolute Gasteiger partial charge is 0.317 e. The van der Waals surface area contributed by atoms with Gasteiger partial charge < -0.3 is 19.9 Å². The molecule has 0 aliphatic carbocycles. The van der Waals surface area contributed by atoms with Crippen molar-refractivity contribution < 1.29 is 18.7 Å². The summed E-state index contributed by atoms with van der Waals surface area (Å²) >= 11 is 0. The fraction of sp³-hybridized carbons (Fsp3) is 0.600. The summed E-state index contributed by atoms with van der Waals surface area (Å²) in [6.07, 6.45) is 3.36. The molecule has 2 fully saturated rings. The molecule has 0 bridgehead atoms. The number of rotatable bonds is 4. The number of hydrogen-bond acceptors (Lipinski definition) is 3. The molecule has 1 N–H and O–H groups in total. The summed E-state index contributed by atoms with van der Waals surface area (Å²) in [5.74, 6) is -0.173. The van der Waals surface area contributed by atoms with Gasteiger partial charge in [-0.2, -0.15) is 0 Å². The fourth-order valence-corrected chi connectivity index (χ4v) is 4.01. The van der Waals surface area contributed by atoms with Crippen molar-refractivity contribution in [1.29, 1.82) is 0 Å². The van der Waals surface area contributed by atoms with Gasteiger partial charge in [-0.1, -0.05) is 12.1 Å². The first-order chi connectivity index (χ1) is 13.0. The first-order valence-electron chi connectivity index (χ1n) is 9.68. The highest BCUT2D eigenvalue weighted by molar-refractivity contribution is 5.75. The van der Waals surface area contributed by atoms with Gasteiger partial charge in [0.1, 0.15) is 5.82 Å². The van der Waals surface area contributed by atoms with E-state index in [0.29, 0.717) is 32.8 Å². The van der Waals surface area contributed by atoms with Crippen molar-refractivity contribution in [2.75, 3.05) is 26.3 Å². The van der Waals surface area contributed by atoms with Crippen LogP contribution in [0.5, 0.6) is 0 Å². The second kappa shape index (κ2) is 9.17. The van der Waals surface area contributed by atoms with Crippen LogP contribution in [0.15, 0.2) is 24.3 Å². The van der Waals surface area contributed by atoms with Crippen LogP contribution in [0.25, 0.3) is 0 Å².